The van der Waals surface area contributed by atoms with Crippen molar-refractivity contribution in [1.29, 1.82) is 0 Å². The van der Waals surface area contributed by atoms with Crippen molar-refractivity contribution >= 4 is 53.0 Å². The molecule has 3 heterocycles. The second-order valence-corrected chi connectivity index (χ2v) is 6.48. The van der Waals surface area contributed by atoms with E-state index in [2.05, 4.69) is 14.9 Å². The first kappa shape index (κ1) is 16.6. The lowest BCUT2D eigenvalue weighted by Crippen LogP contribution is -2.42. The number of thioether (sulfide) groups is 1. The van der Waals surface area contributed by atoms with Crippen LogP contribution in [0.5, 0.6) is 0 Å². The molecule has 0 spiro atoms. The van der Waals surface area contributed by atoms with Crippen LogP contribution in [0, 0.1) is 0 Å². The minimum atomic E-state index is 0. The SMILES string of the molecule is I.NC(=NCc1csc(-c2ccco2)n1)N1CCSCC1. The van der Waals surface area contributed by atoms with Gasteiger partial charge in [-0.25, -0.2) is 9.98 Å². The van der Waals surface area contributed by atoms with Crippen LogP contribution in [0.3, 0.4) is 0 Å². The number of guanidine groups is 1. The third kappa shape index (κ3) is 4.36. The summed E-state index contributed by atoms with van der Waals surface area (Å²) >= 11 is 3.52. The molecule has 114 valence electrons. The molecule has 1 fully saturated rings. The highest BCUT2D eigenvalue weighted by Crippen LogP contribution is 2.24. The molecule has 21 heavy (non-hydrogen) atoms. The molecular weight excluding hydrogens is 419 g/mol. The van der Waals surface area contributed by atoms with Crippen LogP contribution in [0.15, 0.2) is 33.2 Å². The van der Waals surface area contributed by atoms with E-state index in [1.807, 2.05) is 29.3 Å². The normalized spacial score (nSPS) is 15.8. The Morgan fingerprint density at radius 1 is 1.43 bits per heavy atom. The van der Waals surface area contributed by atoms with Gasteiger partial charge in [-0.3, -0.25) is 0 Å². The Bertz CT molecular complexity index is 579. The summed E-state index contributed by atoms with van der Waals surface area (Å²) in [6.07, 6.45) is 1.65. The Morgan fingerprint density at radius 2 is 2.24 bits per heavy atom. The van der Waals surface area contributed by atoms with Crippen LogP contribution in [-0.2, 0) is 6.54 Å². The fraction of sp³-hybridized carbons (Fsp3) is 0.385. The smallest absolute Gasteiger partial charge is 0.191 e. The molecule has 0 aromatic carbocycles. The van der Waals surface area contributed by atoms with Gasteiger partial charge in [0.2, 0.25) is 0 Å². The highest BCUT2D eigenvalue weighted by molar-refractivity contribution is 14.0. The van der Waals surface area contributed by atoms with Crippen LogP contribution >= 0.6 is 47.1 Å². The number of aliphatic imine (C=N–C) groups is 1. The molecule has 2 aromatic rings. The average Bonchev–Trinajstić information content (AvgIpc) is 3.16. The Balaban J connectivity index is 0.00000161. The molecule has 0 amide bonds. The van der Waals surface area contributed by atoms with Gasteiger partial charge in [0, 0.05) is 30.0 Å². The third-order valence-electron chi connectivity index (χ3n) is 3.02. The molecule has 1 saturated heterocycles. The summed E-state index contributed by atoms with van der Waals surface area (Å²) in [7, 11) is 0. The number of aromatic nitrogens is 1. The van der Waals surface area contributed by atoms with E-state index in [0.29, 0.717) is 12.5 Å². The van der Waals surface area contributed by atoms with Crippen LogP contribution < -0.4 is 5.73 Å². The summed E-state index contributed by atoms with van der Waals surface area (Å²) in [5.74, 6) is 3.66. The highest BCUT2D eigenvalue weighted by atomic mass is 127. The number of rotatable bonds is 3. The summed E-state index contributed by atoms with van der Waals surface area (Å²) < 4.78 is 5.33. The highest BCUT2D eigenvalue weighted by Gasteiger charge is 2.12. The van der Waals surface area contributed by atoms with E-state index in [-0.39, 0.29) is 24.0 Å². The van der Waals surface area contributed by atoms with Crippen LogP contribution in [-0.4, -0.2) is 40.4 Å². The average molecular weight is 436 g/mol. The Labute approximate surface area is 149 Å². The Hall–Kier alpha value is -0.740. The number of halogens is 1. The fourth-order valence-electron chi connectivity index (χ4n) is 1.95. The summed E-state index contributed by atoms with van der Waals surface area (Å²) in [5, 5.41) is 2.88. The van der Waals surface area contributed by atoms with Gasteiger partial charge in [-0.15, -0.1) is 35.3 Å². The number of hydrogen-bond acceptors (Lipinski definition) is 5. The topological polar surface area (TPSA) is 67.6 Å². The number of furan rings is 1. The predicted octanol–water partition coefficient (Wildman–Crippen LogP) is 2.88. The van der Waals surface area contributed by atoms with Crippen molar-refractivity contribution in [2.24, 2.45) is 10.7 Å². The molecular formula is C13H17IN4OS2. The zero-order valence-electron chi connectivity index (χ0n) is 11.4. The molecule has 2 aromatic heterocycles. The van der Waals surface area contributed by atoms with E-state index in [4.69, 9.17) is 10.2 Å². The van der Waals surface area contributed by atoms with Crippen molar-refractivity contribution in [1.82, 2.24) is 9.88 Å². The standard InChI is InChI=1S/C13H16N4OS2.HI/c14-13(17-3-6-19-7-4-17)15-8-10-9-20-12(16-10)11-2-1-5-18-11;/h1-2,5,9H,3-4,6-8H2,(H2,14,15);1H. The van der Waals surface area contributed by atoms with Gasteiger partial charge in [0.15, 0.2) is 16.7 Å². The van der Waals surface area contributed by atoms with Crippen molar-refractivity contribution in [3.63, 3.8) is 0 Å². The second kappa shape index (κ2) is 8.04. The maximum atomic E-state index is 6.02. The van der Waals surface area contributed by atoms with Gasteiger partial charge in [0.1, 0.15) is 0 Å². The Morgan fingerprint density at radius 3 is 2.95 bits per heavy atom. The number of nitrogens with two attached hydrogens (primary N) is 1. The summed E-state index contributed by atoms with van der Waals surface area (Å²) in [6.45, 7) is 2.48. The lowest BCUT2D eigenvalue weighted by molar-refractivity contribution is 0.455. The predicted molar refractivity (Wildman–Crippen MR) is 99.5 cm³/mol. The van der Waals surface area contributed by atoms with Crippen LogP contribution in [0.25, 0.3) is 10.8 Å². The van der Waals surface area contributed by atoms with Crippen molar-refractivity contribution in [2.75, 3.05) is 24.6 Å². The van der Waals surface area contributed by atoms with Crippen molar-refractivity contribution < 1.29 is 4.42 Å². The van der Waals surface area contributed by atoms with Gasteiger partial charge in [0.05, 0.1) is 18.5 Å². The molecule has 2 N–H and O–H groups in total. The maximum Gasteiger partial charge on any atom is 0.191 e. The minimum absolute atomic E-state index is 0. The largest absolute Gasteiger partial charge is 0.462 e. The van der Waals surface area contributed by atoms with E-state index in [0.717, 1.165) is 41.1 Å². The quantitative estimate of drug-likeness (QED) is 0.456. The molecule has 0 atom stereocenters. The number of thiazole rings is 1. The number of hydrogen-bond donors (Lipinski definition) is 1. The molecule has 3 rings (SSSR count). The van der Waals surface area contributed by atoms with Gasteiger partial charge in [-0.2, -0.15) is 11.8 Å². The third-order valence-corrected chi connectivity index (χ3v) is 4.87. The summed E-state index contributed by atoms with van der Waals surface area (Å²) in [6, 6.07) is 3.77. The van der Waals surface area contributed by atoms with E-state index >= 15 is 0 Å². The van der Waals surface area contributed by atoms with Crippen molar-refractivity contribution in [3.8, 4) is 10.8 Å². The zero-order chi connectivity index (χ0) is 13.8. The van der Waals surface area contributed by atoms with Gasteiger partial charge < -0.3 is 15.1 Å². The Kier molecular flexibility index (Phi) is 6.37. The lowest BCUT2D eigenvalue weighted by atomic mass is 10.4. The van der Waals surface area contributed by atoms with Crippen LogP contribution in [0.4, 0.5) is 0 Å². The zero-order valence-corrected chi connectivity index (χ0v) is 15.4. The fourth-order valence-corrected chi connectivity index (χ4v) is 3.63. The monoisotopic (exact) mass is 436 g/mol. The van der Waals surface area contributed by atoms with Crippen molar-refractivity contribution in [3.05, 3.63) is 29.5 Å². The molecule has 0 saturated carbocycles. The van der Waals surface area contributed by atoms with E-state index in [9.17, 15) is 0 Å². The maximum absolute atomic E-state index is 6.02. The first-order valence-corrected chi connectivity index (χ1v) is 8.47. The summed E-state index contributed by atoms with van der Waals surface area (Å²) in [4.78, 5) is 11.1. The molecule has 0 unspecified atom stereocenters. The van der Waals surface area contributed by atoms with Gasteiger partial charge in [0.25, 0.3) is 0 Å². The van der Waals surface area contributed by atoms with Crippen LogP contribution in [0.2, 0.25) is 0 Å². The molecule has 1 aliphatic rings. The first-order valence-electron chi connectivity index (χ1n) is 6.44. The molecule has 0 radical (unpaired) electrons. The minimum Gasteiger partial charge on any atom is -0.462 e. The van der Waals surface area contributed by atoms with Crippen molar-refractivity contribution in [2.45, 2.75) is 6.54 Å². The molecule has 0 aliphatic carbocycles. The first-order chi connectivity index (χ1) is 9.83. The second-order valence-electron chi connectivity index (χ2n) is 4.40. The van der Waals surface area contributed by atoms with Crippen LogP contribution in [0.1, 0.15) is 5.69 Å². The molecule has 1 aliphatic heterocycles. The summed E-state index contributed by atoms with van der Waals surface area (Å²) in [5.41, 5.74) is 6.95. The lowest BCUT2D eigenvalue weighted by Gasteiger charge is -2.27. The van der Waals surface area contributed by atoms with Gasteiger partial charge >= 0.3 is 0 Å². The molecule has 0 bridgehead atoms. The van der Waals surface area contributed by atoms with Gasteiger partial charge in [-0.05, 0) is 12.1 Å². The number of nitrogens with zero attached hydrogens (tertiary/aromatic N) is 3. The van der Waals surface area contributed by atoms with E-state index < -0.39 is 0 Å². The van der Waals surface area contributed by atoms with Gasteiger partial charge in [-0.1, -0.05) is 0 Å². The molecule has 8 heteroatoms. The van der Waals surface area contributed by atoms with E-state index in [1.165, 1.54) is 0 Å². The molecule has 5 nitrogen and oxygen atoms in total. The van der Waals surface area contributed by atoms with E-state index in [1.54, 1.807) is 17.6 Å².